The van der Waals surface area contributed by atoms with E-state index in [1.165, 1.54) is 44.9 Å². The molecule has 0 bridgehead atoms. The lowest BCUT2D eigenvalue weighted by Crippen LogP contribution is -2.25. The standard InChI is InChI=1S/C22H34N2O3S2/c1-2-9-22(10-4-3-5-11-22)12-8-20(25)27-15-17-29-28-16-14-24-21(26)19-7-6-13-23-18-19/h6-7,13,18H,2-5,8-12,14-17H2,1H3,(H,24,26). The van der Waals surface area contributed by atoms with E-state index in [9.17, 15) is 9.59 Å². The van der Waals surface area contributed by atoms with Crippen molar-refractivity contribution in [1.82, 2.24) is 10.3 Å². The summed E-state index contributed by atoms with van der Waals surface area (Å²) in [5, 5.41) is 2.87. The zero-order valence-electron chi connectivity index (χ0n) is 17.5. The number of hydrogen-bond donors (Lipinski definition) is 1. The van der Waals surface area contributed by atoms with Crippen molar-refractivity contribution < 1.29 is 14.3 Å². The predicted octanol–water partition coefficient (Wildman–Crippen LogP) is 5.27. The van der Waals surface area contributed by atoms with Crippen molar-refractivity contribution in [2.45, 2.75) is 64.7 Å². The van der Waals surface area contributed by atoms with Crippen LogP contribution >= 0.6 is 21.6 Å². The SMILES string of the molecule is CCCC1(CCC(=O)OCCSSCCNC(=O)c2cccnc2)CCCCC1. The van der Waals surface area contributed by atoms with Crippen LogP contribution in [0.4, 0.5) is 0 Å². The van der Waals surface area contributed by atoms with E-state index < -0.39 is 0 Å². The van der Waals surface area contributed by atoms with Crippen LogP contribution in [0.2, 0.25) is 0 Å². The minimum absolute atomic E-state index is 0.0552. The second-order valence-electron chi connectivity index (χ2n) is 7.67. The molecule has 0 unspecified atom stereocenters. The average molecular weight is 439 g/mol. The highest BCUT2D eigenvalue weighted by molar-refractivity contribution is 8.76. The van der Waals surface area contributed by atoms with Gasteiger partial charge in [-0.2, -0.15) is 0 Å². The Hall–Kier alpha value is -1.21. The zero-order chi connectivity index (χ0) is 20.8. The van der Waals surface area contributed by atoms with Crippen LogP contribution in [0.25, 0.3) is 0 Å². The molecule has 0 radical (unpaired) electrons. The largest absolute Gasteiger partial charge is 0.465 e. The summed E-state index contributed by atoms with van der Waals surface area (Å²) in [6, 6.07) is 3.50. The molecule has 1 aliphatic carbocycles. The van der Waals surface area contributed by atoms with Crippen molar-refractivity contribution in [1.29, 1.82) is 0 Å². The number of aromatic nitrogens is 1. The van der Waals surface area contributed by atoms with Gasteiger partial charge in [-0.1, -0.05) is 54.2 Å². The fourth-order valence-corrected chi connectivity index (χ4v) is 5.74. The van der Waals surface area contributed by atoms with Crippen LogP contribution in [0.15, 0.2) is 24.5 Å². The van der Waals surface area contributed by atoms with Crippen molar-refractivity contribution in [3.05, 3.63) is 30.1 Å². The van der Waals surface area contributed by atoms with E-state index in [2.05, 4.69) is 17.2 Å². The van der Waals surface area contributed by atoms with Gasteiger partial charge in [0.05, 0.1) is 5.56 Å². The first-order valence-corrected chi connectivity index (χ1v) is 13.2. The molecule has 0 atom stereocenters. The Bertz CT molecular complexity index is 602. The molecule has 7 heteroatoms. The third kappa shape index (κ3) is 9.43. The maximum Gasteiger partial charge on any atom is 0.305 e. The fourth-order valence-electron chi connectivity index (χ4n) is 4.01. The van der Waals surface area contributed by atoms with Gasteiger partial charge in [0.2, 0.25) is 0 Å². The molecule has 5 nitrogen and oxygen atoms in total. The van der Waals surface area contributed by atoms with Gasteiger partial charge in [-0.05, 0) is 43.2 Å². The molecular formula is C22H34N2O3S2. The van der Waals surface area contributed by atoms with Gasteiger partial charge < -0.3 is 10.1 Å². The average Bonchev–Trinajstić information content (AvgIpc) is 2.75. The summed E-state index contributed by atoms with van der Waals surface area (Å²) in [6.07, 6.45) is 13.7. The van der Waals surface area contributed by atoms with Crippen LogP contribution < -0.4 is 5.32 Å². The summed E-state index contributed by atoms with van der Waals surface area (Å²) in [7, 11) is 3.35. The van der Waals surface area contributed by atoms with Crippen LogP contribution in [-0.2, 0) is 9.53 Å². The highest BCUT2D eigenvalue weighted by Gasteiger charge is 2.31. The minimum Gasteiger partial charge on any atom is -0.465 e. The molecule has 1 aliphatic rings. The van der Waals surface area contributed by atoms with Crippen molar-refractivity contribution >= 4 is 33.5 Å². The second kappa shape index (κ2) is 13.9. The predicted molar refractivity (Wildman–Crippen MR) is 122 cm³/mol. The number of hydrogen-bond acceptors (Lipinski definition) is 6. The molecule has 1 aromatic rings. The number of carbonyl (C=O) groups excluding carboxylic acids is 2. The molecule has 29 heavy (non-hydrogen) atoms. The Morgan fingerprint density at radius 2 is 1.97 bits per heavy atom. The highest BCUT2D eigenvalue weighted by Crippen LogP contribution is 2.43. The number of ether oxygens (including phenoxy) is 1. The van der Waals surface area contributed by atoms with Gasteiger partial charge >= 0.3 is 5.97 Å². The molecule has 162 valence electrons. The molecule has 1 saturated carbocycles. The van der Waals surface area contributed by atoms with Gasteiger partial charge in [0.25, 0.3) is 5.91 Å². The number of nitrogens with one attached hydrogen (secondary N) is 1. The number of rotatable bonds is 13. The molecule has 1 heterocycles. The van der Waals surface area contributed by atoms with E-state index >= 15 is 0 Å². The van der Waals surface area contributed by atoms with Crippen molar-refractivity contribution in [3.63, 3.8) is 0 Å². The molecule has 0 aromatic carbocycles. The highest BCUT2D eigenvalue weighted by atomic mass is 33.1. The Balaban J connectivity index is 1.47. The van der Waals surface area contributed by atoms with E-state index in [1.54, 1.807) is 46.1 Å². The van der Waals surface area contributed by atoms with Gasteiger partial charge in [0.1, 0.15) is 6.61 Å². The van der Waals surface area contributed by atoms with Crippen LogP contribution in [0, 0.1) is 5.41 Å². The number of pyridine rings is 1. The summed E-state index contributed by atoms with van der Waals surface area (Å²) in [4.78, 5) is 27.9. The lowest BCUT2D eigenvalue weighted by molar-refractivity contribution is -0.143. The normalized spacial score (nSPS) is 15.6. The lowest BCUT2D eigenvalue weighted by atomic mass is 9.68. The molecule has 1 aromatic heterocycles. The maximum absolute atomic E-state index is 12.1. The molecule has 0 spiro atoms. The van der Waals surface area contributed by atoms with Crippen LogP contribution in [0.1, 0.15) is 75.1 Å². The monoisotopic (exact) mass is 438 g/mol. The van der Waals surface area contributed by atoms with E-state index in [-0.39, 0.29) is 11.9 Å². The summed E-state index contributed by atoms with van der Waals surface area (Å²) >= 11 is 0. The number of esters is 1. The molecule has 1 N–H and O–H groups in total. The molecule has 2 rings (SSSR count). The van der Waals surface area contributed by atoms with Crippen LogP contribution in [0.5, 0.6) is 0 Å². The van der Waals surface area contributed by atoms with Crippen LogP contribution in [0.3, 0.4) is 0 Å². The number of carbonyl (C=O) groups is 2. The summed E-state index contributed by atoms with van der Waals surface area (Å²) < 4.78 is 5.41. The fraction of sp³-hybridized carbons (Fsp3) is 0.682. The summed E-state index contributed by atoms with van der Waals surface area (Å²) in [5.41, 5.74) is 0.961. The van der Waals surface area contributed by atoms with Crippen molar-refractivity contribution in [2.75, 3.05) is 24.7 Å². The first kappa shape index (κ1) is 24.1. The molecule has 1 amide bonds. The number of nitrogens with zero attached hydrogens (tertiary/aromatic N) is 1. The zero-order valence-corrected chi connectivity index (χ0v) is 19.1. The third-order valence-electron chi connectivity index (χ3n) is 5.46. The molecular weight excluding hydrogens is 404 g/mol. The second-order valence-corrected chi connectivity index (χ2v) is 10.4. The van der Waals surface area contributed by atoms with E-state index in [0.717, 1.165) is 17.9 Å². The first-order valence-electron chi connectivity index (χ1n) is 10.7. The molecule has 1 fully saturated rings. The first-order chi connectivity index (χ1) is 14.2. The smallest absolute Gasteiger partial charge is 0.305 e. The Morgan fingerprint density at radius 1 is 1.17 bits per heavy atom. The Labute approximate surface area is 182 Å². The van der Waals surface area contributed by atoms with Gasteiger partial charge in [0, 0.05) is 36.9 Å². The quantitative estimate of drug-likeness (QED) is 0.257. The van der Waals surface area contributed by atoms with E-state index in [0.29, 0.717) is 30.6 Å². The molecule has 0 saturated heterocycles. The van der Waals surface area contributed by atoms with Gasteiger partial charge in [-0.25, -0.2) is 0 Å². The topological polar surface area (TPSA) is 68.3 Å². The van der Waals surface area contributed by atoms with E-state index in [4.69, 9.17) is 4.74 Å². The van der Waals surface area contributed by atoms with Gasteiger partial charge in [-0.3, -0.25) is 14.6 Å². The Kier molecular flexibility index (Phi) is 11.5. The van der Waals surface area contributed by atoms with Crippen molar-refractivity contribution in [3.8, 4) is 0 Å². The van der Waals surface area contributed by atoms with Crippen molar-refractivity contribution in [2.24, 2.45) is 5.41 Å². The summed E-state index contributed by atoms with van der Waals surface area (Å²) in [6.45, 7) is 3.30. The van der Waals surface area contributed by atoms with Crippen LogP contribution in [-0.4, -0.2) is 41.5 Å². The summed E-state index contributed by atoms with van der Waals surface area (Å²) in [5.74, 6) is 1.42. The third-order valence-corrected chi connectivity index (χ3v) is 7.83. The molecule has 0 aliphatic heterocycles. The lowest BCUT2D eigenvalue weighted by Gasteiger charge is -2.37. The van der Waals surface area contributed by atoms with E-state index in [1.807, 2.05) is 0 Å². The van der Waals surface area contributed by atoms with Gasteiger partial charge in [-0.15, -0.1) is 0 Å². The minimum atomic E-state index is -0.101. The Morgan fingerprint density at radius 3 is 2.69 bits per heavy atom. The van der Waals surface area contributed by atoms with Gasteiger partial charge in [0.15, 0.2) is 0 Å². The number of amides is 1. The maximum atomic E-state index is 12.1.